The monoisotopic (exact) mass is 615 g/mol. The second kappa shape index (κ2) is 11.3. The van der Waals surface area contributed by atoms with E-state index < -0.39 is 8.07 Å². The van der Waals surface area contributed by atoms with E-state index in [0.717, 1.165) is 33.1 Å². The van der Waals surface area contributed by atoms with Gasteiger partial charge in [0.15, 0.2) is 19.7 Å². The molecule has 0 amide bonds. The van der Waals surface area contributed by atoms with Gasteiger partial charge >= 0.3 is 0 Å². The number of fused-ring (bicyclic) bond motifs is 3. The molecule has 214 valence electrons. The van der Waals surface area contributed by atoms with Crippen LogP contribution in [-0.2, 0) is 0 Å². The van der Waals surface area contributed by atoms with Gasteiger partial charge in [-0.05, 0) is 56.6 Å². The molecule has 0 saturated carbocycles. The van der Waals surface area contributed by atoms with Gasteiger partial charge in [-0.15, -0.1) is 0 Å². The number of para-hydroxylation sites is 1. The zero-order chi connectivity index (χ0) is 30.2. The first-order valence-corrected chi connectivity index (χ1v) is 17.2. The lowest BCUT2D eigenvalue weighted by Crippen LogP contribution is -2.74. The summed E-state index contributed by atoms with van der Waals surface area (Å²) >= 11 is 6.51. The summed E-state index contributed by atoms with van der Waals surface area (Å²) in [5, 5.41) is 7.45. The molecular weight excluding hydrogens is 590 g/mol. The average Bonchev–Trinajstić information content (AvgIpc) is 3.48. The SMILES string of the molecule is Clc1nc(-c2ccc([Si](c3ccccc3)(c3ccccc3)c3ccccc3)cc2)nc(-c2ccc3oc4ccccc4c3c2)n1. The van der Waals surface area contributed by atoms with Gasteiger partial charge in [-0.3, -0.25) is 0 Å². The number of hydrogen-bond donors (Lipinski definition) is 0. The molecule has 8 aromatic rings. The Morgan fingerprint density at radius 2 is 0.889 bits per heavy atom. The van der Waals surface area contributed by atoms with E-state index in [4.69, 9.17) is 21.0 Å². The van der Waals surface area contributed by atoms with Crippen LogP contribution in [0.25, 0.3) is 44.7 Å². The fourth-order valence-electron chi connectivity index (χ4n) is 6.41. The average molecular weight is 616 g/mol. The summed E-state index contributed by atoms with van der Waals surface area (Å²) in [6.07, 6.45) is 0. The maximum Gasteiger partial charge on any atom is 0.226 e. The Labute approximate surface area is 266 Å². The van der Waals surface area contributed by atoms with Gasteiger partial charge in [0.2, 0.25) is 5.28 Å². The molecule has 2 aromatic heterocycles. The molecule has 0 atom stereocenters. The summed E-state index contributed by atoms with van der Waals surface area (Å²) in [5.41, 5.74) is 3.38. The fraction of sp³-hybridized carbons (Fsp3) is 0. The molecule has 4 nitrogen and oxygen atoms in total. The number of halogens is 1. The van der Waals surface area contributed by atoms with Crippen LogP contribution in [0.3, 0.4) is 0 Å². The maximum absolute atomic E-state index is 6.51. The molecule has 0 radical (unpaired) electrons. The van der Waals surface area contributed by atoms with Crippen molar-refractivity contribution in [1.29, 1.82) is 0 Å². The summed E-state index contributed by atoms with van der Waals surface area (Å²) in [6.45, 7) is 0. The third-order valence-electron chi connectivity index (χ3n) is 8.44. The van der Waals surface area contributed by atoms with Crippen molar-refractivity contribution in [3.8, 4) is 22.8 Å². The number of nitrogens with zero attached hydrogens (tertiary/aromatic N) is 3. The van der Waals surface area contributed by atoms with Crippen LogP contribution in [0, 0.1) is 0 Å². The van der Waals surface area contributed by atoms with Gasteiger partial charge in [-0.25, -0.2) is 4.98 Å². The molecule has 0 aliphatic carbocycles. The van der Waals surface area contributed by atoms with Gasteiger partial charge < -0.3 is 4.42 Å². The number of aromatic nitrogens is 3. The molecule has 0 N–H and O–H groups in total. The normalized spacial score (nSPS) is 11.7. The summed E-state index contributed by atoms with van der Waals surface area (Å²) in [5.74, 6) is 1.04. The Bertz CT molecular complexity index is 2180. The summed E-state index contributed by atoms with van der Waals surface area (Å²) in [6, 6.07) is 55.3. The standard InChI is InChI=1S/C39H26ClN3OSi/c40-39-42-37(41-38(43-39)28-22-25-36-34(26-28)33-18-10-11-19-35(33)44-36)27-20-23-32(24-21-27)45(29-12-4-1-5-13-29,30-14-6-2-7-15-30)31-16-8-3-9-17-31/h1-26H. The minimum absolute atomic E-state index is 0.151. The largest absolute Gasteiger partial charge is 0.456 e. The Morgan fingerprint density at radius 3 is 1.49 bits per heavy atom. The van der Waals surface area contributed by atoms with Gasteiger partial charge in [-0.1, -0.05) is 133 Å². The van der Waals surface area contributed by atoms with Gasteiger partial charge in [0.1, 0.15) is 11.2 Å². The quantitative estimate of drug-likeness (QED) is 0.147. The zero-order valence-electron chi connectivity index (χ0n) is 24.1. The number of furan rings is 1. The smallest absolute Gasteiger partial charge is 0.226 e. The molecule has 6 heteroatoms. The van der Waals surface area contributed by atoms with E-state index >= 15 is 0 Å². The highest BCUT2D eigenvalue weighted by atomic mass is 35.5. The molecule has 8 rings (SSSR count). The van der Waals surface area contributed by atoms with E-state index in [1.54, 1.807) is 0 Å². The Balaban J connectivity index is 1.25. The lowest BCUT2D eigenvalue weighted by atomic mass is 10.1. The van der Waals surface area contributed by atoms with E-state index in [-0.39, 0.29) is 5.28 Å². The number of hydrogen-bond acceptors (Lipinski definition) is 4. The Morgan fingerprint density at radius 1 is 0.422 bits per heavy atom. The lowest BCUT2D eigenvalue weighted by Gasteiger charge is -2.34. The highest BCUT2D eigenvalue weighted by Crippen LogP contribution is 2.32. The number of benzene rings is 6. The van der Waals surface area contributed by atoms with Gasteiger partial charge in [0.05, 0.1) is 0 Å². The molecule has 0 spiro atoms. The van der Waals surface area contributed by atoms with Crippen LogP contribution < -0.4 is 20.7 Å². The molecule has 0 aliphatic rings. The van der Waals surface area contributed by atoms with Crippen LogP contribution in [0.2, 0.25) is 5.28 Å². The van der Waals surface area contributed by atoms with E-state index in [9.17, 15) is 0 Å². The van der Waals surface area contributed by atoms with Crippen molar-refractivity contribution in [3.63, 3.8) is 0 Å². The minimum Gasteiger partial charge on any atom is -0.456 e. The molecular formula is C39H26ClN3OSi. The summed E-state index contributed by atoms with van der Waals surface area (Å²) in [7, 11) is -2.63. The van der Waals surface area contributed by atoms with Crippen molar-refractivity contribution in [2.75, 3.05) is 0 Å². The molecule has 0 unspecified atom stereocenters. The van der Waals surface area contributed by atoms with Crippen molar-refractivity contribution in [1.82, 2.24) is 15.0 Å². The van der Waals surface area contributed by atoms with E-state index in [0.29, 0.717) is 11.6 Å². The summed E-state index contributed by atoms with van der Waals surface area (Å²) < 4.78 is 6.02. The van der Waals surface area contributed by atoms with Gasteiger partial charge in [0, 0.05) is 21.9 Å². The van der Waals surface area contributed by atoms with Crippen LogP contribution in [0.5, 0.6) is 0 Å². The highest BCUT2D eigenvalue weighted by Gasteiger charge is 2.41. The number of rotatable bonds is 6. The van der Waals surface area contributed by atoms with Crippen molar-refractivity contribution in [2.45, 2.75) is 0 Å². The maximum atomic E-state index is 6.51. The predicted molar refractivity (Wildman–Crippen MR) is 187 cm³/mol. The third kappa shape index (κ3) is 4.74. The second-order valence-electron chi connectivity index (χ2n) is 11.0. The Hall–Kier alpha value is -5.36. The first-order valence-electron chi connectivity index (χ1n) is 14.8. The summed E-state index contributed by atoms with van der Waals surface area (Å²) in [4.78, 5) is 13.9. The van der Waals surface area contributed by atoms with Crippen LogP contribution >= 0.6 is 11.6 Å². The second-order valence-corrected chi connectivity index (χ2v) is 15.1. The van der Waals surface area contributed by atoms with Crippen LogP contribution in [0.4, 0.5) is 0 Å². The molecule has 0 fully saturated rings. The zero-order valence-corrected chi connectivity index (χ0v) is 25.9. The molecule has 0 bridgehead atoms. The lowest BCUT2D eigenvalue weighted by molar-refractivity contribution is 0.669. The molecule has 0 aliphatic heterocycles. The Kier molecular flexibility index (Phi) is 6.82. The van der Waals surface area contributed by atoms with Crippen LogP contribution in [0.1, 0.15) is 0 Å². The van der Waals surface area contributed by atoms with Crippen LogP contribution in [-0.4, -0.2) is 23.0 Å². The van der Waals surface area contributed by atoms with Crippen LogP contribution in [0.15, 0.2) is 162 Å². The van der Waals surface area contributed by atoms with Crippen molar-refractivity contribution in [3.05, 3.63) is 163 Å². The van der Waals surface area contributed by atoms with Crippen molar-refractivity contribution < 1.29 is 4.42 Å². The third-order valence-corrected chi connectivity index (χ3v) is 13.4. The van der Waals surface area contributed by atoms with E-state index in [1.807, 2.05) is 30.3 Å². The minimum atomic E-state index is -2.63. The van der Waals surface area contributed by atoms with Gasteiger partial charge in [-0.2, -0.15) is 9.97 Å². The highest BCUT2D eigenvalue weighted by molar-refractivity contribution is 7.19. The first kappa shape index (κ1) is 27.2. The molecule has 0 saturated heterocycles. The van der Waals surface area contributed by atoms with Crippen molar-refractivity contribution >= 4 is 62.4 Å². The van der Waals surface area contributed by atoms with Crippen molar-refractivity contribution in [2.24, 2.45) is 0 Å². The van der Waals surface area contributed by atoms with Gasteiger partial charge in [0.25, 0.3) is 0 Å². The first-order chi connectivity index (χ1) is 22.2. The predicted octanol–water partition coefficient (Wildman–Crippen LogP) is 7.14. The van der Waals surface area contributed by atoms with E-state index in [1.165, 1.54) is 20.7 Å². The fourth-order valence-corrected chi connectivity index (χ4v) is 11.3. The topological polar surface area (TPSA) is 51.8 Å². The molecule has 2 heterocycles. The molecule has 45 heavy (non-hydrogen) atoms. The molecule has 6 aromatic carbocycles. The van der Waals surface area contributed by atoms with E-state index in [2.05, 4.69) is 137 Å².